The van der Waals surface area contributed by atoms with Crippen molar-refractivity contribution in [2.45, 2.75) is 52.0 Å². The summed E-state index contributed by atoms with van der Waals surface area (Å²) < 4.78 is 23.3. The van der Waals surface area contributed by atoms with Crippen molar-refractivity contribution in [1.82, 2.24) is 0 Å². The summed E-state index contributed by atoms with van der Waals surface area (Å²) in [6.07, 6.45) is 7.76. The highest BCUT2D eigenvalue weighted by Crippen LogP contribution is 2.53. The second kappa shape index (κ2) is 8.36. The molecule has 1 rings (SSSR count). The highest BCUT2D eigenvalue weighted by molar-refractivity contribution is 8.25. The van der Waals surface area contributed by atoms with Gasteiger partial charge in [-0.1, -0.05) is 19.3 Å². The van der Waals surface area contributed by atoms with Gasteiger partial charge in [0.2, 0.25) is 0 Å². The molecule has 1 saturated carbocycles. The van der Waals surface area contributed by atoms with Crippen LogP contribution in [0.25, 0.3) is 0 Å². The molecule has 0 unspecified atom stereocenters. The quantitative estimate of drug-likeness (QED) is 0.416. The molecule has 0 bridgehead atoms. The molecule has 4 nitrogen and oxygen atoms in total. The molecule has 0 radical (unpaired) electrons. The molecule has 0 aromatic rings. The standard InChI is InChI=1S/C12H24NO3PS/c1-4-15-17(14,16-5-2)12(18-3)13-11-9-7-6-8-10-11/h11H,4-10H2,1-3H3. The third-order valence-electron chi connectivity index (χ3n) is 2.88. The van der Waals surface area contributed by atoms with E-state index in [-0.39, 0.29) is 6.04 Å². The van der Waals surface area contributed by atoms with Crippen LogP contribution in [-0.4, -0.2) is 30.3 Å². The predicted octanol–water partition coefficient (Wildman–Crippen LogP) is 4.30. The van der Waals surface area contributed by atoms with E-state index >= 15 is 0 Å². The normalized spacial score (nSPS) is 19.2. The average Bonchev–Trinajstić information content (AvgIpc) is 2.37. The zero-order chi connectivity index (χ0) is 13.4. The van der Waals surface area contributed by atoms with E-state index in [1.807, 2.05) is 20.1 Å². The van der Waals surface area contributed by atoms with Crippen LogP contribution in [0.5, 0.6) is 0 Å². The highest BCUT2D eigenvalue weighted by Gasteiger charge is 2.32. The first-order valence-corrected chi connectivity index (χ1v) is 9.44. The molecule has 0 aliphatic heterocycles. The van der Waals surface area contributed by atoms with Crippen molar-refractivity contribution in [3.8, 4) is 0 Å². The Kier molecular flexibility index (Phi) is 7.54. The van der Waals surface area contributed by atoms with E-state index < -0.39 is 7.60 Å². The van der Waals surface area contributed by atoms with Gasteiger partial charge in [-0.25, -0.2) is 0 Å². The maximum Gasteiger partial charge on any atom is 0.385 e. The van der Waals surface area contributed by atoms with Crippen LogP contribution in [0.15, 0.2) is 4.99 Å². The molecule has 0 atom stereocenters. The minimum atomic E-state index is -3.18. The summed E-state index contributed by atoms with van der Waals surface area (Å²) >= 11 is 1.39. The first-order chi connectivity index (χ1) is 8.66. The van der Waals surface area contributed by atoms with Gasteiger partial charge in [-0.15, -0.1) is 11.8 Å². The molecule has 0 aromatic heterocycles. The molecule has 0 heterocycles. The SMILES string of the molecule is CCOP(=O)(OCC)C(=NC1CCCCC1)SC. The smallest absolute Gasteiger partial charge is 0.304 e. The third-order valence-corrected chi connectivity index (χ3v) is 6.35. The Labute approximate surface area is 114 Å². The average molecular weight is 293 g/mol. The molecule has 1 fully saturated rings. The molecule has 0 saturated heterocycles. The summed E-state index contributed by atoms with van der Waals surface area (Å²) in [6, 6.07) is 0.287. The van der Waals surface area contributed by atoms with Crippen LogP contribution in [-0.2, 0) is 13.6 Å². The summed E-state index contributed by atoms with van der Waals surface area (Å²) in [5.74, 6) is 0. The number of rotatable bonds is 6. The van der Waals surface area contributed by atoms with Crippen LogP contribution in [0.3, 0.4) is 0 Å². The van der Waals surface area contributed by atoms with Gasteiger partial charge in [0.15, 0.2) is 4.78 Å². The van der Waals surface area contributed by atoms with Gasteiger partial charge in [-0.05, 0) is 32.9 Å². The van der Waals surface area contributed by atoms with E-state index in [1.54, 1.807) is 0 Å². The Morgan fingerprint density at radius 2 is 1.78 bits per heavy atom. The Morgan fingerprint density at radius 1 is 1.22 bits per heavy atom. The van der Waals surface area contributed by atoms with Crippen molar-refractivity contribution < 1.29 is 13.6 Å². The number of aliphatic imine (C=N–C) groups is 1. The van der Waals surface area contributed by atoms with Crippen LogP contribution in [0.1, 0.15) is 46.0 Å². The van der Waals surface area contributed by atoms with E-state index in [0.29, 0.717) is 18.0 Å². The van der Waals surface area contributed by atoms with E-state index in [2.05, 4.69) is 4.99 Å². The number of hydrogen-bond acceptors (Lipinski definition) is 5. The van der Waals surface area contributed by atoms with Crippen molar-refractivity contribution in [2.24, 2.45) is 4.99 Å². The lowest BCUT2D eigenvalue weighted by Gasteiger charge is -2.22. The van der Waals surface area contributed by atoms with Crippen molar-refractivity contribution in [1.29, 1.82) is 0 Å². The van der Waals surface area contributed by atoms with Crippen molar-refractivity contribution in [3.63, 3.8) is 0 Å². The maximum atomic E-state index is 12.6. The third kappa shape index (κ3) is 4.69. The number of nitrogens with zero attached hydrogens (tertiary/aromatic N) is 1. The van der Waals surface area contributed by atoms with Gasteiger partial charge >= 0.3 is 7.60 Å². The van der Waals surface area contributed by atoms with Gasteiger partial charge in [0, 0.05) is 0 Å². The van der Waals surface area contributed by atoms with E-state index in [9.17, 15) is 4.57 Å². The monoisotopic (exact) mass is 293 g/mol. The zero-order valence-electron chi connectivity index (χ0n) is 11.6. The molecule has 0 amide bonds. The summed E-state index contributed by atoms with van der Waals surface area (Å²) in [5.41, 5.74) is 0. The molecule has 0 aromatic carbocycles. The first kappa shape index (κ1) is 16.2. The van der Waals surface area contributed by atoms with E-state index in [1.165, 1.54) is 31.0 Å². The van der Waals surface area contributed by atoms with Crippen LogP contribution in [0.4, 0.5) is 0 Å². The van der Waals surface area contributed by atoms with E-state index in [0.717, 1.165) is 12.8 Å². The fraction of sp³-hybridized carbons (Fsp3) is 0.917. The molecule has 18 heavy (non-hydrogen) atoms. The van der Waals surface area contributed by atoms with Crippen LogP contribution >= 0.6 is 19.4 Å². The minimum absolute atomic E-state index is 0.287. The maximum absolute atomic E-state index is 12.6. The molecular weight excluding hydrogens is 269 g/mol. The Bertz CT molecular complexity index is 306. The first-order valence-electron chi connectivity index (χ1n) is 6.67. The van der Waals surface area contributed by atoms with Crippen molar-refractivity contribution in [2.75, 3.05) is 19.5 Å². The molecule has 1 aliphatic carbocycles. The van der Waals surface area contributed by atoms with Gasteiger partial charge < -0.3 is 9.05 Å². The topological polar surface area (TPSA) is 47.9 Å². The van der Waals surface area contributed by atoms with Gasteiger partial charge in [-0.3, -0.25) is 9.56 Å². The number of thioether (sulfide) groups is 1. The molecule has 0 spiro atoms. The van der Waals surface area contributed by atoms with E-state index in [4.69, 9.17) is 9.05 Å². The Morgan fingerprint density at radius 3 is 2.22 bits per heavy atom. The van der Waals surface area contributed by atoms with Gasteiger partial charge in [-0.2, -0.15) is 0 Å². The summed E-state index contributed by atoms with van der Waals surface area (Å²) in [6.45, 7) is 4.40. The largest absolute Gasteiger partial charge is 0.385 e. The lowest BCUT2D eigenvalue weighted by Crippen LogP contribution is -2.13. The summed E-state index contributed by atoms with van der Waals surface area (Å²) in [7, 11) is -3.18. The van der Waals surface area contributed by atoms with Crippen molar-refractivity contribution in [3.05, 3.63) is 0 Å². The van der Waals surface area contributed by atoms with Crippen LogP contribution in [0, 0.1) is 0 Å². The fourth-order valence-electron chi connectivity index (χ4n) is 2.09. The summed E-state index contributed by atoms with van der Waals surface area (Å²) in [4.78, 5) is 5.17. The molecular formula is C12H24NO3PS. The molecule has 106 valence electrons. The fourth-order valence-corrected chi connectivity index (χ4v) is 4.83. The van der Waals surface area contributed by atoms with Crippen LogP contribution in [0.2, 0.25) is 0 Å². The second-order valence-corrected chi connectivity index (χ2v) is 7.27. The molecule has 1 aliphatic rings. The van der Waals surface area contributed by atoms with Gasteiger partial charge in [0.25, 0.3) is 0 Å². The lowest BCUT2D eigenvalue weighted by molar-refractivity contribution is 0.233. The predicted molar refractivity (Wildman–Crippen MR) is 78.7 cm³/mol. The number of hydrogen-bond donors (Lipinski definition) is 0. The zero-order valence-corrected chi connectivity index (χ0v) is 13.3. The Hall–Kier alpha value is 0.170. The highest BCUT2D eigenvalue weighted by atomic mass is 32.2. The van der Waals surface area contributed by atoms with Crippen molar-refractivity contribution >= 4 is 24.1 Å². The van der Waals surface area contributed by atoms with Gasteiger partial charge in [0.1, 0.15) is 0 Å². The molecule has 0 N–H and O–H groups in total. The Balaban J connectivity index is 2.82. The van der Waals surface area contributed by atoms with Crippen LogP contribution < -0.4 is 0 Å². The van der Waals surface area contributed by atoms with Gasteiger partial charge in [0.05, 0.1) is 19.3 Å². The molecule has 6 heteroatoms. The summed E-state index contributed by atoms with van der Waals surface area (Å²) in [5, 5.41) is 0. The second-order valence-electron chi connectivity index (χ2n) is 4.24. The minimum Gasteiger partial charge on any atom is -0.304 e. The lowest BCUT2D eigenvalue weighted by atomic mass is 9.96.